The highest BCUT2D eigenvalue weighted by molar-refractivity contribution is 5.76. The monoisotopic (exact) mass is 790 g/mol. The van der Waals surface area contributed by atoms with Gasteiger partial charge in [-0.05, 0) is 123 Å². The fourth-order valence-electron chi connectivity index (χ4n) is 7.44. The van der Waals surface area contributed by atoms with E-state index in [9.17, 15) is 14.4 Å². The van der Waals surface area contributed by atoms with Crippen molar-refractivity contribution < 1.29 is 28.6 Å². The lowest BCUT2D eigenvalue weighted by Crippen LogP contribution is -2.36. The summed E-state index contributed by atoms with van der Waals surface area (Å²) in [6.45, 7) is 18.2. The summed E-state index contributed by atoms with van der Waals surface area (Å²) in [5.74, 6) is -0.294. The smallest absolute Gasteiger partial charge is 0.311 e. The molecule has 0 aliphatic heterocycles. The van der Waals surface area contributed by atoms with E-state index in [0.717, 1.165) is 122 Å². The van der Waals surface area contributed by atoms with Crippen LogP contribution < -0.4 is 0 Å². The summed E-state index contributed by atoms with van der Waals surface area (Å²) in [6, 6.07) is 0. The number of esters is 3. The highest BCUT2D eigenvalue weighted by Gasteiger charge is 2.37. The predicted molar refractivity (Wildman–Crippen MR) is 237 cm³/mol. The van der Waals surface area contributed by atoms with Crippen LogP contribution in [0.25, 0.3) is 0 Å². The normalized spacial score (nSPS) is 12.4. The maximum atomic E-state index is 13.7. The van der Waals surface area contributed by atoms with Gasteiger partial charge < -0.3 is 19.1 Å². The van der Waals surface area contributed by atoms with Crippen molar-refractivity contribution in [2.24, 2.45) is 10.8 Å². The third-order valence-corrected chi connectivity index (χ3v) is 10.8. The second-order valence-electron chi connectivity index (χ2n) is 17.9. The molecule has 0 saturated carbocycles. The molecular formula is C49H91NO6. The van der Waals surface area contributed by atoms with E-state index < -0.39 is 5.41 Å². The van der Waals surface area contributed by atoms with Crippen LogP contribution in [0, 0.1) is 10.8 Å². The molecule has 0 aliphatic rings. The van der Waals surface area contributed by atoms with Gasteiger partial charge in [0.05, 0.1) is 5.41 Å². The van der Waals surface area contributed by atoms with Gasteiger partial charge in [-0.15, -0.1) is 0 Å². The molecule has 0 heterocycles. The summed E-state index contributed by atoms with van der Waals surface area (Å²) in [4.78, 5) is 40.3. The van der Waals surface area contributed by atoms with Gasteiger partial charge in [-0.25, -0.2) is 0 Å². The highest BCUT2D eigenvalue weighted by atomic mass is 16.5. The zero-order valence-corrected chi connectivity index (χ0v) is 38.2. The van der Waals surface area contributed by atoms with E-state index in [0.29, 0.717) is 26.1 Å². The zero-order valence-electron chi connectivity index (χ0n) is 38.2. The molecule has 7 nitrogen and oxygen atoms in total. The molecule has 328 valence electrons. The average molecular weight is 790 g/mol. The number of hydrogen-bond donors (Lipinski definition) is 0. The second-order valence-corrected chi connectivity index (χ2v) is 17.9. The lowest BCUT2D eigenvalue weighted by molar-refractivity contribution is -0.162. The fraction of sp³-hybridized carbons (Fsp3) is 0.857. The van der Waals surface area contributed by atoms with Gasteiger partial charge in [0.1, 0.15) is 19.3 Å². The maximum Gasteiger partial charge on any atom is 0.311 e. The van der Waals surface area contributed by atoms with Crippen molar-refractivity contribution in [2.45, 2.75) is 228 Å². The number of ether oxygens (including phenoxy) is 3. The molecule has 0 aliphatic carbocycles. The topological polar surface area (TPSA) is 82.1 Å². The Balaban J connectivity index is 4.70. The number of carbonyl (C=O) groups is 3. The lowest BCUT2D eigenvalue weighted by atomic mass is 9.73. The molecule has 0 aromatic heterocycles. The zero-order chi connectivity index (χ0) is 41.8. The maximum absolute atomic E-state index is 13.7. The van der Waals surface area contributed by atoms with Crippen LogP contribution in [0.4, 0.5) is 0 Å². The summed E-state index contributed by atoms with van der Waals surface area (Å²) in [5, 5.41) is 0. The molecular weight excluding hydrogens is 699 g/mol. The first kappa shape index (κ1) is 53.9. The van der Waals surface area contributed by atoms with Gasteiger partial charge in [-0.2, -0.15) is 0 Å². The van der Waals surface area contributed by atoms with Crippen molar-refractivity contribution in [1.29, 1.82) is 0 Å². The summed E-state index contributed by atoms with van der Waals surface area (Å²) in [5.41, 5.74) is -0.517. The molecule has 56 heavy (non-hydrogen) atoms. The van der Waals surface area contributed by atoms with Gasteiger partial charge in [0, 0.05) is 12.8 Å². The molecule has 0 N–H and O–H groups in total. The van der Waals surface area contributed by atoms with Gasteiger partial charge in [-0.3, -0.25) is 14.4 Å². The van der Waals surface area contributed by atoms with E-state index in [1.807, 2.05) is 12.2 Å². The van der Waals surface area contributed by atoms with Crippen molar-refractivity contribution in [3.8, 4) is 0 Å². The van der Waals surface area contributed by atoms with Crippen LogP contribution in [0.1, 0.15) is 222 Å². The van der Waals surface area contributed by atoms with Gasteiger partial charge >= 0.3 is 17.9 Å². The van der Waals surface area contributed by atoms with E-state index in [1.54, 1.807) is 0 Å². The molecule has 0 saturated heterocycles. The molecule has 0 amide bonds. The van der Waals surface area contributed by atoms with Crippen molar-refractivity contribution in [1.82, 2.24) is 4.90 Å². The standard InChI is InChI=1S/C49H91NO6/c1-9-12-14-16-18-26-32-41-54-45(51)36-30-24-20-22-28-34-44(56-47(53)49(6,7)43-48(4,5)38-40-50(8)39-11-3)35-29-23-21-25-31-37-46(52)55-42-33-27-19-17-15-13-10-2/h26-27,32-33,44H,9-25,28-31,34-43H2,1-8H3/b32-26-,33-27-. The van der Waals surface area contributed by atoms with Gasteiger partial charge in [0.15, 0.2) is 0 Å². The van der Waals surface area contributed by atoms with E-state index in [4.69, 9.17) is 14.2 Å². The molecule has 0 fully saturated rings. The molecule has 0 radical (unpaired) electrons. The molecule has 0 aromatic rings. The van der Waals surface area contributed by atoms with Crippen molar-refractivity contribution in [3.63, 3.8) is 0 Å². The predicted octanol–water partition coefficient (Wildman–Crippen LogP) is 13.7. The lowest BCUT2D eigenvalue weighted by Gasteiger charge is -2.35. The Morgan fingerprint density at radius 3 is 1.46 bits per heavy atom. The molecule has 7 heteroatoms. The Labute approximate surface area is 346 Å². The van der Waals surface area contributed by atoms with E-state index in [1.165, 1.54) is 51.4 Å². The number of hydrogen-bond acceptors (Lipinski definition) is 7. The Morgan fingerprint density at radius 1 is 0.554 bits per heavy atom. The van der Waals surface area contributed by atoms with E-state index in [-0.39, 0.29) is 29.4 Å². The summed E-state index contributed by atoms with van der Waals surface area (Å²) >= 11 is 0. The number of unbranched alkanes of at least 4 members (excludes halogenated alkanes) is 16. The Morgan fingerprint density at radius 2 is 1.00 bits per heavy atom. The first-order valence-electron chi connectivity index (χ1n) is 23.4. The van der Waals surface area contributed by atoms with E-state index in [2.05, 4.69) is 72.6 Å². The van der Waals surface area contributed by atoms with Crippen molar-refractivity contribution in [3.05, 3.63) is 24.3 Å². The van der Waals surface area contributed by atoms with Crippen LogP contribution in [0.5, 0.6) is 0 Å². The molecule has 0 rings (SSSR count). The Kier molecular flexibility index (Phi) is 34.6. The Bertz CT molecular complexity index is 966. The average Bonchev–Trinajstić information content (AvgIpc) is 3.14. The minimum absolute atomic E-state index is 0.0358. The minimum atomic E-state index is -0.552. The van der Waals surface area contributed by atoms with Crippen molar-refractivity contribution in [2.75, 3.05) is 33.4 Å². The van der Waals surface area contributed by atoms with Crippen LogP contribution >= 0.6 is 0 Å². The number of rotatable bonds is 39. The van der Waals surface area contributed by atoms with Gasteiger partial charge in [0.25, 0.3) is 0 Å². The first-order valence-corrected chi connectivity index (χ1v) is 23.4. The van der Waals surface area contributed by atoms with Crippen LogP contribution in [0.15, 0.2) is 24.3 Å². The summed E-state index contributed by atoms with van der Waals surface area (Å²) in [6.07, 6.45) is 35.9. The SMILES string of the molecule is CCCCCC/C=C\COC(=O)CCCCCCCC(CCCCCCCC(=O)OC/C=C\CCCCCC)OC(=O)C(C)(C)CC(C)(C)CCN(C)CCC. The summed E-state index contributed by atoms with van der Waals surface area (Å²) in [7, 11) is 2.18. The summed E-state index contributed by atoms with van der Waals surface area (Å²) < 4.78 is 17.1. The molecule has 0 atom stereocenters. The fourth-order valence-corrected chi connectivity index (χ4v) is 7.44. The molecule has 0 aromatic carbocycles. The van der Waals surface area contributed by atoms with Gasteiger partial charge in [0.2, 0.25) is 0 Å². The quantitative estimate of drug-likeness (QED) is 0.0265. The molecule has 0 bridgehead atoms. The molecule has 0 spiro atoms. The Hall–Kier alpha value is -2.15. The third-order valence-electron chi connectivity index (χ3n) is 10.8. The van der Waals surface area contributed by atoms with Crippen LogP contribution in [0.2, 0.25) is 0 Å². The number of carbonyl (C=O) groups excluding carboxylic acids is 3. The van der Waals surface area contributed by atoms with E-state index >= 15 is 0 Å². The second kappa shape index (κ2) is 36.0. The largest absolute Gasteiger partial charge is 0.462 e. The van der Waals surface area contributed by atoms with Crippen LogP contribution in [-0.4, -0.2) is 62.3 Å². The van der Waals surface area contributed by atoms with Crippen LogP contribution in [-0.2, 0) is 28.6 Å². The highest BCUT2D eigenvalue weighted by Crippen LogP contribution is 2.38. The first-order chi connectivity index (χ1) is 26.9. The van der Waals surface area contributed by atoms with Crippen LogP contribution in [0.3, 0.4) is 0 Å². The third kappa shape index (κ3) is 33.9. The molecule has 0 unspecified atom stereocenters. The number of allylic oxidation sites excluding steroid dienone is 2. The minimum Gasteiger partial charge on any atom is -0.462 e. The van der Waals surface area contributed by atoms with Crippen molar-refractivity contribution >= 4 is 17.9 Å². The number of nitrogens with zero attached hydrogens (tertiary/aromatic N) is 1. The van der Waals surface area contributed by atoms with Gasteiger partial charge in [-0.1, -0.05) is 136 Å².